The number of methoxy groups -OCH3 is 1. The van der Waals surface area contributed by atoms with E-state index in [4.69, 9.17) is 4.74 Å². The molecule has 1 amide bonds. The van der Waals surface area contributed by atoms with Crippen LogP contribution in [0.4, 0.5) is 0 Å². The minimum Gasteiger partial charge on any atom is -0.383 e. The fourth-order valence-corrected chi connectivity index (χ4v) is 1.21. The number of nitrogens with one attached hydrogen (secondary N) is 2. The number of carbonyl (C=O) groups excluding carboxylic acids is 1. The van der Waals surface area contributed by atoms with Crippen LogP contribution < -0.4 is 10.6 Å². The Kier molecular flexibility index (Phi) is 16.6. The summed E-state index contributed by atoms with van der Waals surface area (Å²) >= 11 is 0. The minimum absolute atomic E-state index is 0. The Labute approximate surface area is 105 Å². The van der Waals surface area contributed by atoms with E-state index >= 15 is 0 Å². The molecule has 0 aliphatic carbocycles. The maximum atomic E-state index is 11.2. The third-order valence-corrected chi connectivity index (χ3v) is 2.11. The summed E-state index contributed by atoms with van der Waals surface area (Å²) in [6.07, 6.45) is 3.96. The summed E-state index contributed by atoms with van der Waals surface area (Å²) in [6, 6.07) is 0. The first-order chi connectivity index (χ1) is 7.31. The lowest BCUT2D eigenvalue weighted by Gasteiger charge is -2.06. The topological polar surface area (TPSA) is 50.4 Å². The standard InChI is InChI=1S/C11H24N2O2.ClH/c1-3-4-5-6-11(14)13-8-7-12-9-10-15-2;/h12H,3-10H2,1-2H3,(H,13,14);1H. The molecule has 0 atom stereocenters. The molecular formula is C11H25ClN2O2. The van der Waals surface area contributed by atoms with Gasteiger partial charge in [-0.2, -0.15) is 0 Å². The van der Waals surface area contributed by atoms with E-state index in [1.807, 2.05) is 0 Å². The summed E-state index contributed by atoms with van der Waals surface area (Å²) in [6.45, 7) is 5.20. The van der Waals surface area contributed by atoms with Gasteiger partial charge in [0.15, 0.2) is 0 Å². The fourth-order valence-electron chi connectivity index (χ4n) is 1.21. The molecule has 0 saturated heterocycles. The normalized spacial score (nSPS) is 9.62. The van der Waals surface area contributed by atoms with Crippen molar-refractivity contribution in [2.45, 2.75) is 32.6 Å². The van der Waals surface area contributed by atoms with Crippen molar-refractivity contribution in [2.75, 3.05) is 33.4 Å². The Morgan fingerprint density at radius 1 is 1.19 bits per heavy atom. The molecule has 0 spiro atoms. The first kappa shape index (κ1) is 18.1. The summed E-state index contributed by atoms with van der Waals surface area (Å²) in [5.74, 6) is 0.164. The molecule has 4 nitrogen and oxygen atoms in total. The highest BCUT2D eigenvalue weighted by Crippen LogP contribution is 1.97. The molecule has 0 aromatic rings. The van der Waals surface area contributed by atoms with Crippen molar-refractivity contribution in [1.29, 1.82) is 0 Å². The van der Waals surface area contributed by atoms with Crippen LogP contribution in [0.5, 0.6) is 0 Å². The van der Waals surface area contributed by atoms with Crippen LogP contribution in [0.15, 0.2) is 0 Å². The van der Waals surface area contributed by atoms with E-state index in [0.29, 0.717) is 19.6 Å². The number of halogens is 1. The van der Waals surface area contributed by atoms with Crippen molar-refractivity contribution < 1.29 is 9.53 Å². The molecule has 16 heavy (non-hydrogen) atoms. The third-order valence-electron chi connectivity index (χ3n) is 2.11. The number of unbranched alkanes of at least 4 members (excludes halogenated alkanes) is 2. The number of hydrogen-bond acceptors (Lipinski definition) is 3. The Morgan fingerprint density at radius 2 is 1.94 bits per heavy atom. The molecule has 0 radical (unpaired) electrons. The molecular weight excluding hydrogens is 228 g/mol. The van der Waals surface area contributed by atoms with E-state index in [0.717, 1.165) is 32.4 Å². The zero-order valence-corrected chi connectivity index (χ0v) is 11.2. The zero-order valence-electron chi connectivity index (χ0n) is 10.4. The molecule has 0 aliphatic rings. The molecule has 0 heterocycles. The molecule has 98 valence electrons. The van der Waals surface area contributed by atoms with E-state index in [1.54, 1.807) is 7.11 Å². The molecule has 0 unspecified atom stereocenters. The lowest BCUT2D eigenvalue weighted by Crippen LogP contribution is -2.32. The quantitative estimate of drug-likeness (QED) is 0.577. The van der Waals surface area contributed by atoms with Gasteiger partial charge in [-0.05, 0) is 6.42 Å². The predicted molar refractivity (Wildman–Crippen MR) is 69.1 cm³/mol. The summed E-state index contributed by atoms with van der Waals surface area (Å²) in [5.41, 5.74) is 0. The van der Waals surface area contributed by atoms with Gasteiger partial charge in [0.05, 0.1) is 6.61 Å². The highest BCUT2D eigenvalue weighted by atomic mass is 35.5. The number of carbonyl (C=O) groups is 1. The van der Waals surface area contributed by atoms with E-state index in [2.05, 4.69) is 17.6 Å². The van der Waals surface area contributed by atoms with Gasteiger partial charge in [0.1, 0.15) is 0 Å². The molecule has 0 aromatic carbocycles. The Hall–Kier alpha value is -0.320. The Morgan fingerprint density at radius 3 is 2.56 bits per heavy atom. The Balaban J connectivity index is 0. The van der Waals surface area contributed by atoms with Gasteiger partial charge < -0.3 is 15.4 Å². The van der Waals surface area contributed by atoms with Crippen LogP contribution in [0.25, 0.3) is 0 Å². The van der Waals surface area contributed by atoms with Gasteiger partial charge in [-0.3, -0.25) is 4.79 Å². The third kappa shape index (κ3) is 13.7. The SMILES string of the molecule is CCCCCC(=O)NCCNCCOC.Cl. The second-order valence-electron chi connectivity index (χ2n) is 3.55. The van der Waals surface area contributed by atoms with E-state index in [-0.39, 0.29) is 18.3 Å². The van der Waals surface area contributed by atoms with Crippen LogP contribution >= 0.6 is 12.4 Å². The van der Waals surface area contributed by atoms with Gasteiger partial charge in [0.25, 0.3) is 0 Å². The number of rotatable bonds is 10. The number of amides is 1. The largest absolute Gasteiger partial charge is 0.383 e. The van der Waals surface area contributed by atoms with Crippen LogP contribution in [0.1, 0.15) is 32.6 Å². The summed E-state index contributed by atoms with van der Waals surface area (Å²) in [4.78, 5) is 11.2. The highest BCUT2D eigenvalue weighted by molar-refractivity contribution is 5.85. The first-order valence-corrected chi connectivity index (χ1v) is 5.77. The maximum Gasteiger partial charge on any atom is 0.220 e. The lowest BCUT2D eigenvalue weighted by atomic mass is 10.2. The molecule has 0 rings (SSSR count). The van der Waals surface area contributed by atoms with Crippen molar-refractivity contribution >= 4 is 18.3 Å². The summed E-state index contributed by atoms with van der Waals surface area (Å²) in [5, 5.41) is 6.05. The first-order valence-electron chi connectivity index (χ1n) is 5.77. The van der Waals surface area contributed by atoms with Crippen LogP contribution in [0.2, 0.25) is 0 Å². The van der Waals surface area contributed by atoms with E-state index in [9.17, 15) is 4.79 Å². The molecule has 0 saturated carbocycles. The van der Waals surface area contributed by atoms with Gasteiger partial charge in [-0.1, -0.05) is 19.8 Å². The van der Waals surface area contributed by atoms with E-state index in [1.165, 1.54) is 0 Å². The molecule has 5 heteroatoms. The second-order valence-corrected chi connectivity index (χ2v) is 3.55. The predicted octanol–water partition coefficient (Wildman–Crippen LogP) is 1.34. The Bertz CT molecular complexity index is 157. The smallest absolute Gasteiger partial charge is 0.220 e. The number of hydrogen-bond donors (Lipinski definition) is 2. The van der Waals surface area contributed by atoms with Gasteiger partial charge in [-0.15, -0.1) is 12.4 Å². The highest BCUT2D eigenvalue weighted by Gasteiger charge is 1.98. The van der Waals surface area contributed by atoms with Crippen LogP contribution in [-0.4, -0.2) is 39.3 Å². The van der Waals surface area contributed by atoms with Crippen molar-refractivity contribution in [3.8, 4) is 0 Å². The zero-order chi connectivity index (χ0) is 11.4. The average molecular weight is 253 g/mol. The monoisotopic (exact) mass is 252 g/mol. The van der Waals surface area contributed by atoms with Gasteiger partial charge in [0.2, 0.25) is 5.91 Å². The number of ether oxygens (including phenoxy) is 1. The molecule has 0 bridgehead atoms. The van der Waals surface area contributed by atoms with Crippen molar-refractivity contribution in [1.82, 2.24) is 10.6 Å². The van der Waals surface area contributed by atoms with E-state index < -0.39 is 0 Å². The van der Waals surface area contributed by atoms with Crippen molar-refractivity contribution in [3.05, 3.63) is 0 Å². The summed E-state index contributed by atoms with van der Waals surface area (Å²) in [7, 11) is 1.68. The second kappa shape index (κ2) is 14.7. The van der Waals surface area contributed by atoms with Crippen molar-refractivity contribution in [3.63, 3.8) is 0 Å². The lowest BCUT2D eigenvalue weighted by molar-refractivity contribution is -0.121. The summed E-state index contributed by atoms with van der Waals surface area (Å²) < 4.78 is 4.89. The van der Waals surface area contributed by atoms with Gasteiger partial charge in [0, 0.05) is 33.2 Å². The van der Waals surface area contributed by atoms with Crippen LogP contribution in [0, 0.1) is 0 Å². The van der Waals surface area contributed by atoms with Crippen LogP contribution in [0.3, 0.4) is 0 Å². The fraction of sp³-hybridized carbons (Fsp3) is 0.909. The van der Waals surface area contributed by atoms with Crippen molar-refractivity contribution in [2.24, 2.45) is 0 Å². The minimum atomic E-state index is 0. The maximum absolute atomic E-state index is 11.2. The van der Waals surface area contributed by atoms with Gasteiger partial charge >= 0.3 is 0 Å². The van der Waals surface area contributed by atoms with Gasteiger partial charge in [-0.25, -0.2) is 0 Å². The van der Waals surface area contributed by atoms with Crippen LogP contribution in [-0.2, 0) is 9.53 Å². The molecule has 0 aliphatic heterocycles. The average Bonchev–Trinajstić information content (AvgIpc) is 2.23. The molecule has 0 aromatic heterocycles. The molecule has 2 N–H and O–H groups in total. The molecule has 0 fully saturated rings.